The lowest BCUT2D eigenvalue weighted by atomic mass is 10.00. The van der Waals surface area contributed by atoms with E-state index in [2.05, 4.69) is 18.2 Å². The second kappa shape index (κ2) is 8.44. The fourth-order valence-electron chi connectivity index (χ4n) is 3.52. The molecule has 0 aromatic heterocycles. The summed E-state index contributed by atoms with van der Waals surface area (Å²) in [7, 11) is 1.45. The second-order valence-electron chi connectivity index (χ2n) is 7.18. The minimum atomic E-state index is -0.102. The van der Waals surface area contributed by atoms with Crippen molar-refractivity contribution in [2.24, 2.45) is 11.8 Å². The number of ether oxygens (including phenoxy) is 3. The minimum absolute atomic E-state index is 0.0331. The zero-order valence-corrected chi connectivity index (χ0v) is 15.9. The molecule has 0 spiro atoms. The van der Waals surface area contributed by atoms with E-state index < -0.39 is 0 Å². The van der Waals surface area contributed by atoms with Gasteiger partial charge in [-0.1, -0.05) is 48.6 Å². The Labute approximate surface area is 165 Å². The van der Waals surface area contributed by atoms with Crippen molar-refractivity contribution in [2.45, 2.75) is 25.6 Å². The average Bonchev–Trinajstić information content (AvgIpc) is 3.54. The molecule has 2 aliphatic rings. The zero-order chi connectivity index (χ0) is 19.3. The van der Waals surface area contributed by atoms with E-state index in [1.54, 1.807) is 0 Å². The molecule has 0 bridgehead atoms. The number of esters is 1. The van der Waals surface area contributed by atoms with E-state index in [0.717, 1.165) is 29.9 Å². The summed E-state index contributed by atoms with van der Waals surface area (Å²) >= 11 is 0. The topological polar surface area (TPSA) is 44.8 Å². The van der Waals surface area contributed by atoms with Gasteiger partial charge in [-0.05, 0) is 54.2 Å². The van der Waals surface area contributed by atoms with Gasteiger partial charge in [-0.25, -0.2) is 0 Å². The summed E-state index contributed by atoms with van der Waals surface area (Å²) in [5.41, 5.74) is 2.30. The predicted molar refractivity (Wildman–Crippen MR) is 107 cm³/mol. The van der Waals surface area contributed by atoms with E-state index in [0.29, 0.717) is 12.5 Å². The van der Waals surface area contributed by atoms with Crippen molar-refractivity contribution < 1.29 is 19.0 Å². The van der Waals surface area contributed by atoms with Crippen LogP contribution in [0.2, 0.25) is 0 Å². The van der Waals surface area contributed by atoms with Crippen LogP contribution in [0.25, 0.3) is 0 Å². The van der Waals surface area contributed by atoms with Crippen molar-refractivity contribution in [3.63, 3.8) is 0 Å². The van der Waals surface area contributed by atoms with Crippen LogP contribution in [0.1, 0.15) is 18.4 Å². The first-order chi connectivity index (χ1) is 13.7. The number of carbonyl (C=O) groups is 1. The Morgan fingerprint density at radius 1 is 1.07 bits per heavy atom. The van der Waals surface area contributed by atoms with Gasteiger partial charge >= 0.3 is 5.97 Å². The Hall–Kier alpha value is -2.85. The van der Waals surface area contributed by atoms with Gasteiger partial charge in [-0.3, -0.25) is 4.79 Å². The second-order valence-corrected chi connectivity index (χ2v) is 7.18. The number of allylic oxidation sites excluding steroid dienone is 2. The molecule has 0 heterocycles. The largest absolute Gasteiger partial charge is 0.469 e. The maximum atomic E-state index is 11.6. The number of rotatable bonds is 7. The van der Waals surface area contributed by atoms with Gasteiger partial charge in [0.25, 0.3) is 0 Å². The molecule has 2 aromatic carbocycles. The van der Waals surface area contributed by atoms with Gasteiger partial charge in [-0.15, -0.1) is 0 Å². The fraction of sp³-hybridized carbons (Fsp3) is 0.292. The number of hydrogen-bond acceptors (Lipinski definition) is 4. The molecule has 144 valence electrons. The van der Waals surface area contributed by atoms with E-state index in [-0.39, 0.29) is 18.0 Å². The van der Waals surface area contributed by atoms with Crippen molar-refractivity contribution in [3.05, 3.63) is 84.0 Å². The van der Waals surface area contributed by atoms with E-state index in [4.69, 9.17) is 14.2 Å². The first kappa shape index (κ1) is 18.5. The molecule has 0 N–H and O–H groups in total. The standard InChI is InChI=1S/C24H24O4/c1-26-24(25)23-15-22(23)18-10-12-19(13-11-18)27-16-17-6-5-9-21(14-17)28-20-7-3-2-4-8-20/h2-12,14,19,22-23H,13,15-16H2,1H3/t19?,22-,23+/m0/s1. The minimum Gasteiger partial charge on any atom is -0.469 e. The molecule has 0 radical (unpaired) electrons. The number of carbonyl (C=O) groups excluding carboxylic acids is 1. The van der Waals surface area contributed by atoms with Crippen LogP contribution >= 0.6 is 0 Å². The van der Waals surface area contributed by atoms with E-state index in [1.807, 2.05) is 54.6 Å². The summed E-state index contributed by atoms with van der Waals surface area (Å²) in [6.07, 6.45) is 8.15. The molecule has 1 saturated carbocycles. The lowest BCUT2D eigenvalue weighted by molar-refractivity contribution is -0.142. The SMILES string of the molecule is COC(=O)[C@@H]1C[C@H]1C1=CCC(OCc2cccc(Oc3ccccc3)c2)C=C1. The first-order valence-electron chi connectivity index (χ1n) is 9.62. The van der Waals surface area contributed by atoms with Gasteiger partial charge in [-0.2, -0.15) is 0 Å². The van der Waals surface area contributed by atoms with E-state index in [9.17, 15) is 4.79 Å². The molecular weight excluding hydrogens is 352 g/mol. The number of hydrogen-bond donors (Lipinski definition) is 0. The Morgan fingerprint density at radius 3 is 2.64 bits per heavy atom. The number of methoxy groups -OCH3 is 1. The third-order valence-corrected chi connectivity index (χ3v) is 5.15. The Balaban J connectivity index is 1.27. The molecule has 1 unspecified atom stereocenters. The Kier molecular flexibility index (Phi) is 5.58. The monoisotopic (exact) mass is 376 g/mol. The summed E-state index contributed by atoms with van der Waals surface area (Å²) in [5, 5.41) is 0. The summed E-state index contributed by atoms with van der Waals surface area (Å²) in [5.74, 6) is 1.87. The zero-order valence-electron chi connectivity index (χ0n) is 15.9. The van der Waals surface area contributed by atoms with Crippen LogP contribution in [0, 0.1) is 11.8 Å². The van der Waals surface area contributed by atoms with Gasteiger partial charge in [0.1, 0.15) is 11.5 Å². The maximum Gasteiger partial charge on any atom is 0.309 e. The molecule has 2 aromatic rings. The highest BCUT2D eigenvalue weighted by molar-refractivity contribution is 5.76. The van der Waals surface area contributed by atoms with Crippen molar-refractivity contribution in [1.29, 1.82) is 0 Å². The van der Waals surface area contributed by atoms with Crippen LogP contribution in [0.5, 0.6) is 11.5 Å². The van der Waals surface area contributed by atoms with Gasteiger partial charge in [0.05, 0.1) is 25.7 Å². The first-order valence-corrected chi connectivity index (χ1v) is 9.62. The van der Waals surface area contributed by atoms with Crippen LogP contribution < -0.4 is 4.74 Å². The van der Waals surface area contributed by atoms with Gasteiger partial charge < -0.3 is 14.2 Å². The molecule has 3 atom stereocenters. The van der Waals surface area contributed by atoms with Gasteiger partial charge in [0, 0.05) is 0 Å². The molecule has 28 heavy (non-hydrogen) atoms. The van der Waals surface area contributed by atoms with E-state index >= 15 is 0 Å². The smallest absolute Gasteiger partial charge is 0.309 e. The highest BCUT2D eigenvalue weighted by atomic mass is 16.5. The number of benzene rings is 2. The molecular formula is C24H24O4. The van der Waals surface area contributed by atoms with Crippen LogP contribution in [-0.4, -0.2) is 19.2 Å². The molecule has 1 fully saturated rings. The van der Waals surface area contributed by atoms with Gasteiger partial charge in [0.2, 0.25) is 0 Å². The van der Waals surface area contributed by atoms with Crippen molar-refractivity contribution in [1.82, 2.24) is 0 Å². The fourth-order valence-corrected chi connectivity index (χ4v) is 3.52. The summed E-state index contributed by atoms with van der Waals surface area (Å²) in [6.45, 7) is 0.526. The van der Waals surface area contributed by atoms with Crippen LogP contribution in [0.15, 0.2) is 78.4 Å². The Morgan fingerprint density at radius 2 is 1.89 bits per heavy atom. The normalized spacial score (nSPS) is 23.0. The average molecular weight is 376 g/mol. The van der Waals surface area contributed by atoms with Crippen molar-refractivity contribution in [3.8, 4) is 11.5 Å². The quantitative estimate of drug-likeness (QED) is 0.634. The molecule has 4 rings (SSSR count). The van der Waals surface area contributed by atoms with Crippen LogP contribution in [-0.2, 0) is 20.9 Å². The lowest BCUT2D eigenvalue weighted by Gasteiger charge is -2.17. The highest BCUT2D eigenvalue weighted by Gasteiger charge is 2.45. The van der Waals surface area contributed by atoms with E-state index in [1.165, 1.54) is 12.7 Å². The summed E-state index contributed by atoms with van der Waals surface area (Å²) in [6, 6.07) is 17.7. The maximum absolute atomic E-state index is 11.6. The summed E-state index contributed by atoms with van der Waals surface area (Å²) in [4.78, 5) is 11.6. The summed E-state index contributed by atoms with van der Waals surface area (Å²) < 4.78 is 16.7. The number of para-hydroxylation sites is 1. The predicted octanol–water partition coefficient (Wildman–Crippen LogP) is 5.06. The third kappa shape index (κ3) is 4.52. The molecule has 0 saturated heterocycles. The lowest BCUT2D eigenvalue weighted by Crippen LogP contribution is -2.12. The molecule has 0 aliphatic heterocycles. The van der Waals surface area contributed by atoms with Crippen LogP contribution in [0.4, 0.5) is 0 Å². The van der Waals surface area contributed by atoms with Crippen molar-refractivity contribution >= 4 is 5.97 Å². The van der Waals surface area contributed by atoms with Crippen molar-refractivity contribution in [2.75, 3.05) is 7.11 Å². The molecule has 2 aliphatic carbocycles. The molecule has 0 amide bonds. The van der Waals surface area contributed by atoms with Crippen LogP contribution in [0.3, 0.4) is 0 Å². The molecule has 4 nitrogen and oxygen atoms in total. The molecule has 4 heteroatoms. The third-order valence-electron chi connectivity index (χ3n) is 5.15. The Bertz CT molecular complexity index is 884. The van der Waals surface area contributed by atoms with Gasteiger partial charge in [0.15, 0.2) is 0 Å². The highest BCUT2D eigenvalue weighted by Crippen LogP contribution is 2.46.